The molecular formula is C16H23N2O4+. The lowest BCUT2D eigenvalue weighted by atomic mass is 10.2. The van der Waals surface area contributed by atoms with Crippen molar-refractivity contribution in [3.63, 3.8) is 0 Å². The summed E-state index contributed by atoms with van der Waals surface area (Å²) in [7, 11) is 0. The molecule has 6 nitrogen and oxygen atoms in total. The molecule has 6 heteroatoms. The standard InChI is InChI=1S/C16H22N2O4/c19-16(17-6-3-7-18-8-10-20-11-9-18)15-12-21-13-4-1-2-5-14(13)22-15/h1-2,4-5,15H,3,6-12H2,(H,17,19)/p+1/t15-/m1/s1. The number of amides is 1. The van der Waals surface area contributed by atoms with E-state index in [1.54, 1.807) is 4.90 Å². The molecule has 1 fully saturated rings. The van der Waals surface area contributed by atoms with Gasteiger partial charge in [0.25, 0.3) is 5.91 Å². The Balaban J connectivity index is 1.37. The van der Waals surface area contributed by atoms with E-state index in [0.717, 1.165) is 39.3 Å². The second-order valence-electron chi connectivity index (χ2n) is 5.62. The molecule has 0 aliphatic carbocycles. The van der Waals surface area contributed by atoms with Gasteiger partial charge in [0.1, 0.15) is 19.7 Å². The van der Waals surface area contributed by atoms with Crippen molar-refractivity contribution in [2.75, 3.05) is 46.0 Å². The predicted octanol–water partition coefficient (Wildman–Crippen LogP) is -0.752. The highest BCUT2D eigenvalue weighted by Crippen LogP contribution is 2.30. The van der Waals surface area contributed by atoms with Crippen molar-refractivity contribution in [3.8, 4) is 11.5 Å². The van der Waals surface area contributed by atoms with E-state index in [1.807, 2.05) is 24.3 Å². The van der Waals surface area contributed by atoms with E-state index >= 15 is 0 Å². The molecule has 0 bridgehead atoms. The molecule has 2 N–H and O–H groups in total. The Hall–Kier alpha value is -1.79. The molecule has 2 aliphatic heterocycles. The van der Waals surface area contributed by atoms with Crippen LogP contribution in [-0.4, -0.2) is 58.0 Å². The first-order valence-electron chi connectivity index (χ1n) is 7.90. The summed E-state index contributed by atoms with van der Waals surface area (Å²) in [5.74, 6) is 1.22. The number of carbonyl (C=O) groups excluding carboxylic acids is 1. The molecule has 0 saturated carbocycles. The molecule has 0 spiro atoms. The maximum Gasteiger partial charge on any atom is 0.264 e. The Bertz CT molecular complexity index is 503. The van der Waals surface area contributed by atoms with Crippen molar-refractivity contribution < 1.29 is 23.9 Å². The molecule has 120 valence electrons. The minimum absolute atomic E-state index is 0.105. The van der Waals surface area contributed by atoms with Crippen molar-refractivity contribution in [2.24, 2.45) is 0 Å². The maximum atomic E-state index is 12.1. The van der Waals surface area contributed by atoms with E-state index in [0.29, 0.717) is 18.0 Å². The highest BCUT2D eigenvalue weighted by Gasteiger charge is 2.26. The normalized spacial score (nSPS) is 21.4. The summed E-state index contributed by atoms with van der Waals surface area (Å²) in [6.07, 6.45) is 0.399. The van der Waals surface area contributed by atoms with E-state index in [-0.39, 0.29) is 12.5 Å². The quantitative estimate of drug-likeness (QED) is 0.703. The fourth-order valence-electron chi connectivity index (χ4n) is 2.72. The number of morpholine rings is 1. The number of carbonyl (C=O) groups is 1. The summed E-state index contributed by atoms with van der Waals surface area (Å²) in [6.45, 7) is 5.80. The summed E-state index contributed by atoms with van der Waals surface area (Å²) in [6, 6.07) is 7.41. The van der Waals surface area contributed by atoms with Crippen LogP contribution >= 0.6 is 0 Å². The molecule has 2 aliphatic rings. The summed E-state index contributed by atoms with van der Waals surface area (Å²) >= 11 is 0. The Labute approximate surface area is 130 Å². The number of hydrogen-bond acceptors (Lipinski definition) is 4. The van der Waals surface area contributed by atoms with E-state index in [4.69, 9.17) is 14.2 Å². The van der Waals surface area contributed by atoms with Crippen LogP contribution in [-0.2, 0) is 9.53 Å². The van der Waals surface area contributed by atoms with Gasteiger partial charge in [-0.05, 0) is 12.1 Å². The number of nitrogens with one attached hydrogen (secondary N) is 2. The van der Waals surface area contributed by atoms with Gasteiger partial charge in [0.15, 0.2) is 11.5 Å². The maximum absolute atomic E-state index is 12.1. The molecule has 0 unspecified atom stereocenters. The summed E-state index contributed by atoms with van der Waals surface area (Å²) < 4.78 is 16.6. The molecule has 1 atom stereocenters. The zero-order valence-corrected chi connectivity index (χ0v) is 12.7. The number of hydrogen-bond donors (Lipinski definition) is 2. The molecule has 1 amide bonds. The van der Waals surface area contributed by atoms with Crippen LogP contribution in [0.5, 0.6) is 11.5 Å². The van der Waals surface area contributed by atoms with Gasteiger partial charge in [-0.3, -0.25) is 4.79 Å². The highest BCUT2D eigenvalue weighted by molar-refractivity contribution is 5.81. The monoisotopic (exact) mass is 307 g/mol. The minimum atomic E-state index is -0.564. The molecule has 3 rings (SSSR count). The molecule has 1 aromatic rings. The van der Waals surface area contributed by atoms with Crippen LogP contribution < -0.4 is 19.7 Å². The molecule has 2 heterocycles. The lowest BCUT2D eigenvalue weighted by molar-refractivity contribution is -0.908. The number of rotatable bonds is 5. The van der Waals surface area contributed by atoms with Crippen LogP contribution in [0.25, 0.3) is 0 Å². The van der Waals surface area contributed by atoms with Crippen LogP contribution in [0.2, 0.25) is 0 Å². The smallest absolute Gasteiger partial charge is 0.264 e. The van der Waals surface area contributed by atoms with E-state index < -0.39 is 6.10 Å². The average Bonchev–Trinajstić information content (AvgIpc) is 2.59. The Morgan fingerprint density at radius 3 is 2.82 bits per heavy atom. The van der Waals surface area contributed by atoms with Crippen LogP contribution in [0.15, 0.2) is 24.3 Å². The third-order valence-corrected chi connectivity index (χ3v) is 4.01. The first kappa shape index (κ1) is 15.1. The third kappa shape index (κ3) is 3.90. The van der Waals surface area contributed by atoms with E-state index in [9.17, 15) is 4.79 Å². The Morgan fingerprint density at radius 2 is 2.00 bits per heavy atom. The lowest BCUT2D eigenvalue weighted by Crippen LogP contribution is -3.14. The number of para-hydroxylation sites is 2. The fraction of sp³-hybridized carbons (Fsp3) is 0.562. The summed E-state index contributed by atoms with van der Waals surface area (Å²) in [5, 5.41) is 2.93. The number of benzene rings is 1. The van der Waals surface area contributed by atoms with E-state index in [1.165, 1.54) is 0 Å². The largest absolute Gasteiger partial charge is 0.485 e. The van der Waals surface area contributed by atoms with Crippen LogP contribution in [0, 0.1) is 0 Å². The van der Waals surface area contributed by atoms with Gasteiger partial charge in [-0.1, -0.05) is 12.1 Å². The minimum Gasteiger partial charge on any atom is -0.485 e. The van der Waals surface area contributed by atoms with Crippen LogP contribution in [0.3, 0.4) is 0 Å². The van der Waals surface area contributed by atoms with Gasteiger partial charge in [-0.15, -0.1) is 0 Å². The zero-order chi connectivity index (χ0) is 15.2. The van der Waals surface area contributed by atoms with Crippen LogP contribution in [0.4, 0.5) is 0 Å². The highest BCUT2D eigenvalue weighted by atomic mass is 16.6. The first-order chi connectivity index (χ1) is 10.8. The Morgan fingerprint density at radius 1 is 1.23 bits per heavy atom. The summed E-state index contributed by atoms with van der Waals surface area (Å²) in [5.41, 5.74) is 0. The molecule has 0 aromatic heterocycles. The number of quaternary nitrogens is 1. The van der Waals surface area contributed by atoms with Crippen LogP contribution in [0.1, 0.15) is 6.42 Å². The first-order valence-corrected chi connectivity index (χ1v) is 7.90. The van der Waals surface area contributed by atoms with Gasteiger partial charge in [-0.25, -0.2) is 0 Å². The van der Waals surface area contributed by atoms with Crippen molar-refractivity contribution in [2.45, 2.75) is 12.5 Å². The number of fused-ring (bicyclic) bond motifs is 1. The molecular weight excluding hydrogens is 284 g/mol. The van der Waals surface area contributed by atoms with Crippen molar-refractivity contribution in [1.29, 1.82) is 0 Å². The van der Waals surface area contributed by atoms with Crippen molar-refractivity contribution >= 4 is 5.91 Å². The third-order valence-electron chi connectivity index (χ3n) is 4.01. The van der Waals surface area contributed by atoms with Crippen molar-refractivity contribution in [3.05, 3.63) is 24.3 Å². The lowest BCUT2D eigenvalue weighted by Gasteiger charge is -2.26. The fourth-order valence-corrected chi connectivity index (χ4v) is 2.72. The predicted molar refractivity (Wildman–Crippen MR) is 80.4 cm³/mol. The molecule has 1 aromatic carbocycles. The van der Waals surface area contributed by atoms with E-state index in [2.05, 4.69) is 5.32 Å². The molecule has 1 saturated heterocycles. The van der Waals surface area contributed by atoms with Gasteiger partial charge in [0.2, 0.25) is 6.10 Å². The zero-order valence-electron chi connectivity index (χ0n) is 12.7. The molecule has 0 radical (unpaired) electrons. The number of ether oxygens (including phenoxy) is 3. The van der Waals surface area contributed by atoms with Gasteiger partial charge in [0, 0.05) is 13.0 Å². The Kier molecular flexibility index (Phi) is 5.13. The van der Waals surface area contributed by atoms with Gasteiger partial charge >= 0.3 is 0 Å². The van der Waals surface area contributed by atoms with Gasteiger partial charge in [0.05, 0.1) is 19.8 Å². The SMILES string of the molecule is O=C(NCCC[NH+]1CCOCC1)[C@H]1COc2ccccc2O1. The topological polar surface area (TPSA) is 61.2 Å². The van der Waals surface area contributed by atoms with Crippen molar-refractivity contribution in [1.82, 2.24) is 5.32 Å². The molecule has 22 heavy (non-hydrogen) atoms. The summed E-state index contributed by atoms with van der Waals surface area (Å²) in [4.78, 5) is 13.7. The average molecular weight is 307 g/mol. The van der Waals surface area contributed by atoms with Gasteiger partial charge < -0.3 is 24.4 Å². The van der Waals surface area contributed by atoms with Gasteiger partial charge in [-0.2, -0.15) is 0 Å². The second kappa shape index (κ2) is 7.47. The second-order valence-corrected chi connectivity index (χ2v) is 5.62.